The van der Waals surface area contributed by atoms with Gasteiger partial charge < -0.3 is 20.1 Å². The molecule has 1 saturated carbocycles. The van der Waals surface area contributed by atoms with Crippen molar-refractivity contribution in [2.45, 2.75) is 89.3 Å². The van der Waals surface area contributed by atoms with Crippen LogP contribution in [0.15, 0.2) is 24.3 Å². The van der Waals surface area contributed by atoms with Gasteiger partial charge in [-0.3, -0.25) is 0 Å². The Kier molecular flexibility index (Phi) is 3.73. The molecule has 0 aromatic rings. The molecule has 0 spiro atoms. The maximum Gasteiger partial charge on any atom is 0.125 e. The molecule has 6 atom stereocenters. The second-order valence-electron chi connectivity index (χ2n) is 9.25. The van der Waals surface area contributed by atoms with Crippen LogP contribution < -0.4 is 0 Å². The predicted octanol–water partition coefficient (Wildman–Crippen LogP) is 2.72. The van der Waals surface area contributed by atoms with Gasteiger partial charge in [0.15, 0.2) is 0 Å². The maximum atomic E-state index is 11.9. The minimum atomic E-state index is -1.34. The van der Waals surface area contributed by atoms with Gasteiger partial charge in [-0.05, 0) is 44.9 Å². The molecular formula is C20H32O4. The third-order valence-electron chi connectivity index (χ3n) is 7.43. The molecule has 0 amide bonds. The van der Waals surface area contributed by atoms with Crippen molar-refractivity contribution in [2.75, 3.05) is 0 Å². The zero-order valence-corrected chi connectivity index (χ0v) is 15.6. The van der Waals surface area contributed by atoms with Crippen molar-refractivity contribution in [3.05, 3.63) is 24.3 Å². The first kappa shape index (κ1) is 18.1. The van der Waals surface area contributed by atoms with E-state index in [1.807, 2.05) is 19.9 Å². The highest BCUT2D eigenvalue weighted by Crippen LogP contribution is 2.65. The number of aliphatic hydroxyl groups is 3. The van der Waals surface area contributed by atoms with Crippen molar-refractivity contribution >= 4 is 0 Å². The fourth-order valence-corrected chi connectivity index (χ4v) is 5.54. The number of fused-ring (bicyclic) bond motifs is 3. The van der Waals surface area contributed by atoms with Crippen LogP contribution in [0.5, 0.6) is 0 Å². The summed E-state index contributed by atoms with van der Waals surface area (Å²) in [4.78, 5) is 0. The van der Waals surface area contributed by atoms with E-state index in [4.69, 9.17) is 4.74 Å². The van der Waals surface area contributed by atoms with Gasteiger partial charge in [-0.2, -0.15) is 0 Å². The average molecular weight is 336 g/mol. The molecule has 2 fully saturated rings. The van der Waals surface area contributed by atoms with Gasteiger partial charge in [0, 0.05) is 5.41 Å². The molecule has 3 N–H and O–H groups in total. The zero-order valence-electron chi connectivity index (χ0n) is 15.6. The van der Waals surface area contributed by atoms with Gasteiger partial charge in [0.25, 0.3) is 0 Å². The van der Waals surface area contributed by atoms with E-state index in [-0.39, 0.29) is 5.41 Å². The van der Waals surface area contributed by atoms with Gasteiger partial charge in [0.2, 0.25) is 0 Å². The smallest absolute Gasteiger partial charge is 0.125 e. The fraction of sp³-hybridized carbons (Fsp3) is 0.800. The number of hydrogen-bond donors (Lipinski definition) is 3. The number of aliphatic hydroxyl groups excluding tert-OH is 2. The van der Waals surface area contributed by atoms with Crippen LogP contribution in [0.4, 0.5) is 0 Å². The Morgan fingerprint density at radius 2 is 1.75 bits per heavy atom. The minimum absolute atomic E-state index is 0.175. The molecule has 0 bridgehead atoms. The molecule has 1 heterocycles. The largest absolute Gasteiger partial charge is 0.392 e. The van der Waals surface area contributed by atoms with Crippen molar-refractivity contribution in [3.8, 4) is 0 Å². The van der Waals surface area contributed by atoms with Crippen LogP contribution in [0.25, 0.3) is 0 Å². The minimum Gasteiger partial charge on any atom is -0.392 e. The SMILES string of the molecule is C=C[C@@]1(C)CC[C@@]2(O)[C@](C)(O1)[C@@H](O)C=C1C(C)(C)CC[C@H](O)[C@@]12C. The average Bonchev–Trinajstić information content (AvgIpc) is 2.50. The second kappa shape index (κ2) is 4.94. The summed E-state index contributed by atoms with van der Waals surface area (Å²) in [6.07, 6.45) is 4.49. The van der Waals surface area contributed by atoms with Crippen LogP contribution in [-0.2, 0) is 4.74 Å². The van der Waals surface area contributed by atoms with E-state index in [1.165, 1.54) is 0 Å². The van der Waals surface area contributed by atoms with Crippen molar-refractivity contribution in [1.29, 1.82) is 0 Å². The highest BCUT2D eigenvalue weighted by atomic mass is 16.6. The Labute approximate surface area is 145 Å². The fourth-order valence-electron chi connectivity index (χ4n) is 5.54. The normalized spacial score (nSPS) is 53.6. The van der Waals surface area contributed by atoms with E-state index in [0.717, 1.165) is 12.0 Å². The Hall–Kier alpha value is -0.680. The highest BCUT2D eigenvalue weighted by Gasteiger charge is 2.72. The molecule has 4 nitrogen and oxygen atoms in total. The molecule has 1 saturated heterocycles. The van der Waals surface area contributed by atoms with Crippen molar-refractivity contribution < 1.29 is 20.1 Å². The standard InChI is InChI=1S/C20H32O4/c1-7-17(4)10-11-20(23)18(5)13(12-15(22)19(20,6)24-17)16(2,3)9-8-14(18)21/h7,12,14-15,21-23H,1,8-11H2,2-6H3/t14-,15-,17-,18+,19+,20-/m0/s1. The van der Waals surface area contributed by atoms with E-state index < -0.39 is 34.4 Å². The molecule has 0 aromatic carbocycles. The summed E-state index contributed by atoms with van der Waals surface area (Å²) < 4.78 is 6.29. The van der Waals surface area contributed by atoms with Crippen LogP contribution in [0.3, 0.4) is 0 Å². The quantitative estimate of drug-likeness (QED) is 0.644. The summed E-state index contributed by atoms with van der Waals surface area (Å²) >= 11 is 0. The van der Waals surface area contributed by atoms with Gasteiger partial charge >= 0.3 is 0 Å². The first-order valence-corrected chi connectivity index (χ1v) is 9.01. The predicted molar refractivity (Wildman–Crippen MR) is 93.5 cm³/mol. The van der Waals surface area contributed by atoms with Crippen LogP contribution in [0, 0.1) is 10.8 Å². The summed E-state index contributed by atoms with van der Waals surface area (Å²) in [5, 5.41) is 33.8. The van der Waals surface area contributed by atoms with Gasteiger partial charge in [-0.15, -0.1) is 6.58 Å². The van der Waals surface area contributed by atoms with E-state index in [2.05, 4.69) is 20.4 Å². The first-order valence-electron chi connectivity index (χ1n) is 9.01. The third kappa shape index (κ3) is 1.94. The molecule has 0 unspecified atom stereocenters. The molecule has 24 heavy (non-hydrogen) atoms. The molecule has 4 heteroatoms. The molecule has 0 aromatic heterocycles. The topological polar surface area (TPSA) is 69.9 Å². The van der Waals surface area contributed by atoms with E-state index in [1.54, 1.807) is 13.0 Å². The van der Waals surface area contributed by atoms with Gasteiger partial charge in [-0.25, -0.2) is 0 Å². The van der Waals surface area contributed by atoms with Crippen LogP contribution in [0.1, 0.15) is 60.3 Å². The molecule has 3 aliphatic rings. The summed E-state index contributed by atoms with van der Waals surface area (Å²) in [5.74, 6) is 0. The molecule has 0 radical (unpaired) electrons. The monoisotopic (exact) mass is 336 g/mol. The second-order valence-corrected chi connectivity index (χ2v) is 9.25. The lowest BCUT2D eigenvalue weighted by Gasteiger charge is -2.67. The van der Waals surface area contributed by atoms with Gasteiger partial charge in [0.05, 0.1) is 11.7 Å². The van der Waals surface area contributed by atoms with Crippen molar-refractivity contribution in [2.24, 2.45) is 10.8 Å². The van der Waals surface area contributed by atoms with E-state index in [9.17, 15) is 15.3 Å². The molecular weight excluding hydrogens is 304 g/mol. The van der Waals surface area contributed by atoms with Crippen LogP contribution in [-0.4, -0.2) is 44.3 Å². The molecule has 3 rings (SSSR count). The summed E-state index contributed by atoms with van der Waals surface area (Å²) in [6, 6.07) is 0. The molecule has 136 valence electrons. The molecule has 1 aliphatic heterocycles. The molecule has 2 aliphatic carbocycles. The lowest BCUT2D eigenvalue weighted by atomic mass is 9.45. The van der Waals surface area contributed by atoms with Crippen molar-refractivity contribution in [3.63, 3.8) is 0 Å². The summed E-state index contributed by atoms with van der Waals surface area (Å²) in [6.45, 7) is 13.7. The van der Waals surface area contributed by atoms with Gasteiger partial charge in [0.1, 0.15) is 17.3 Å². The van der Waals surface area contributed by atoms with Crippen LogP contribution >= 0.6 is 0 Å². The Morgan fingerprint density at radius 3 is 2.33 bits per heavy atom. The van der Waals surface area contributed by atoms with Gasteiger partial charge in [-0.1, -0.05) is 38.5 Å². The highest BCUT2D eigenvalue weighted by molar-refractivity contribution is 5.40. The number of ether oxygens (including phenoxy) is 1. The Bertz CT molecular complexity index is 596. The Morgan fingerprint density at radius 1 is 1.12 bits per heavy atom. The van der Waals surface area contributed by atoms with E-state index in [0.29, 0.717) is 19.3 Å². The third-order valence-corrected chi connectivity index (χ3v) is 7.43. The first-order chi connectivity index (χ1) is 10.9. The van der Waals surface area contributed by atoms with Crippen LogP contribution in [0.2, 0.25) is 0 Å². The summed E-state index contributed by atoms with van der Waals surface area (Å²) in [5.41, 5.74) is -3.20. The lowest BCUT2D eigenvalue weighted by molar-refractivity contribution is -0.326. The lowest BCUT2D eigenvalue weighted by Crippen LogP contribution is -2.77. The zero-order chi connectivity index (χ0) is 18.2. The van der Waals surface area contributed by atoms with E-state index >= 15 is 0 Å². The van der Waals surface area contributed by atoms with Crippen molar-refractivity contribution in [1.82, 2.24) is 0 Å². The Balaban J connectivity index is 2.23. The summed E-state index contributed by atoms with van der Waals surface area (Å²) in [7, 11) is 0. The number of hydrogen-bond acceptors (Lipinski definition) is 4. The number of rotatable bonds is 1. The maximum absolute atomic E-state index is 11.9.